The number of para-hydroxylation sites is 1. The van der Waals surface area contributed by atoms with E-state index in [-0.39, 0.29) is 12.1 Å². The molecule has 1 fully saturated rings. The number of nitrogens with zero attached hydrogens (tertiary/aromatic N) is 1. The molecular weight excluding hydrogens is 228 g/mol. The lowest BCUT2D eigenvalue weighted by molar-refractivity contribution is -0.131. The van der Waals surface area contributed by atoms with Crippen LogP contribution in [0.15, 0.2) is 24.3 Å². The van der Waals surface area contributed by atoms with Gasteiger partial charge in [0.25, 0.3) is 0 Å². The Bertz CT molecular complexity index is 461. The highest BCUT2D eigenvalue weighted by Crippen LogP contribution is 2.35. The van der Waals surface area contributed by atoms with Crippen LogP contribution in [0.1, 0.15) is 32.0 Å². The second kappa shape index (κ2) is 4.61. The lowest BCUT2D eigenvalue weighted by Gasteiger charge is -2.22. The van der Waals surface area contributed by atoms with Crippen molar-refractivity contribution in [1.29, 1.82) is 0 Å². The Morgan fingerprint density at radius 1 is 1.44 bits per heavy atom. The minimum atomic E-state index is -0.486. The Labute approximate surface area is 108 Å². The van der Waals surface area contributed by atoms with E-state index in [2.05, 4.69) is 5.32 Å². The van der Waals surface area contributed by atoms with Gasteiger partial charge >= 0.3 is 0 Å². The van der Waals surface area contributed by atoms with Crippen LogP contribution in [0.4, 0.5) is 0 Å². The van der Waals surface area contributed by atoms with Gasteiger partial charge in [0.15, 0.2) is 0 Å². The number of carbonyl (C=O) groups excluding carboxylic acids is 1. The standard InChI is InChI=1S/C14H20N2O2/c1-5-14(2)13(17)16(3)12(15-14)10-8-6-7-9-11(10)18-4/h6-9,12,15H,5H2,1-4H3. The number of likely N-dealkylation sites (N-methyl/N-ethyl adjacent to an activating group) is 1. The third-order valence-corrected chi connectivity index (χ3v) is 3.78. The van der Waals surface area contributed by atoms with Gasteiger partial charge in [-0.05, 0) is 19.4 Å². The molecule has 2 unspecified atom stereocenters. The molecular formula is C14H20N2O2. The number of nitrogens with one attached hydrogen (secondary N) is 1. The predicted octanol–water partition coefficient (Wildman–Crippen LogP) is 1.92. The maximum absolute atomic E-state index is 12.3. The van der Waals surface area contributed by atoms with E-state index in [0.717, 1.165) is 17.7 Å². The van der Waals surface area contributed by atoms with Gasteiger partial charge in [0.05, 0.1) is 12.6 Å². The highest BCUT2D eigenvalue weighted by molar-refractivity contribution is 5.88. The van der Waals surface area contributed by atoms with E-state index >= 15 is 0 Å². The first-order chi connectivity index (χ1) is 8.53. The number of ether oxygens (including phenoxy) is 1. The summed E-state index contributed by atoms with van der Waals surface area (Å²) in [6.07, 6.45) is 0.639. The number of hydrogen-bond donors (Lipinski definition) is 1. The summed E-state index contributed by atoms with van der Waals surface area (Å²) < 4.78 is 5.37. The van der Waals surface area contributed by atoms with Crippen LogP contribution >= 0.6 is 0 Å². The molecule has 0 saturated carbocycles. The molecule has 0 aliphatic carbocycles. The number of methoxy groups -OCH3 is 1. The summed E-state index contributed by atoms with van der Waals surface area (Å²) in [5, 5.41) is 3.40. The summed E-state index contributed by atoms with van der Waals surface area (Å²) in [6, 6.07) is 7.79. The quantitative estimate of drug-likeness (QED) is 0.888. The average Bonchev–Trinajstić information content (AvgIpc) is 2.64. The highest BCUT2D eigenvalue weighted by atomic mass is 16.5. The molecule has 1 aliphatic heterocycles. The van der Waals surface area contributed by atoms with Crippen molar-refractivity contribution in [3.8, 4) is 5.75 Å². The Balaban J connectivity index is 2.38. The minimum absolute atomic E-state index is 0.126. The smallest absolute Gasteiger partial charge is 0.243 e. The summed E-state index contributed by atoms with van der Waals surface area (Å²) in [4.78, 5) is 14.0. The highest BCUT2D eigenvalue weighted by Gasteiger charge is 2.46. The molecule has 2 rings (SSSR count). The van der Waals surface area contributed by atoms with Gasteiger partial charge in [-0.2, -0.15) is 0 Å². The molecule has 0 spiro atoms. The number of amides is 1. The van der Waals surface area contributed by atoms with Crippen LogP contribution in [-0.2, 0) is 4.79 Å². The van der Waals surface area contributed by atoms with E-state index in [1.165, 1.54) is 0 Å². The molecule has 0 aromatic heterocycles. The molecule has 0 bridgehead atoms. The summed E-state index contributed by atoms with van der Waals surface area (Å²) >= 11 is 0. The molecule has 4 nitrogen and oxygen atoms in total. The average molecular weight is 248 g/mol. The molecule has 1 aliphatic rings. The van der Waals surface area contributed by atoms with Crippen LogP contribution < -0.4 is 10.1 Å². The molecule has 1 amide bonds. The van der Waals surface area contributed by atoms with Crippen molar-refractivity contribution in [2.45, 2.75) is 32.0 Å². The first-order valence-electron chi connectivity index (χ1n) is 6.21. The maximum Gasteiger partial charge on any atom is 0.243 e. The van der Waals surface area contributed by atoms with Gasteiger partial charge in [-0.15, -0.1) is 0 Å². The van der Waals surface area contributed by atoms with E-state index in [4.69, 9.17) is 4.74 Å². The van der Waals surface area contributed by atoms with Crippen LogP contribution in [0.5, 0.6) is 5.75 Å². The van der Waals surface area contributed by atoms with Gasteiger partial charge < -0.3 is 9.64 Å². The van der Waals surface area contributed by atoms with Crippen LogP contribution in [0.3, 0.4) is 0 Å². The molecule has 18 heavy (non-hydrogen) atoms. The molecule has 1 saturated heterocycles. The SMILES string of the molecule is CCC1(C)NC(c2ccccc2OC)N(C)C1=O. The lowest BCUT2D eigenvalue weighted by Crippen LogP contribution is -2.42. The molecule has 1 heterocycles. The number of rotatable bonds is 3. The largest absolute Gasteiger partial charge is 0.496 e. The van der Waals surface area contributed by atoms with Gasteiger partial charge in [-0.3, -0.25) is 10.1 Å². The third-order valence-electron chi connectivity index (χ3n) is 3.78. The Hall–Kier alpha value is -1.55. The monoisotopic (exact) mass is 248 g/mol. The summed E-state index contributed by atoms with van der Waals surface area (Å²) in [6.45, 7) is 3.96. The zero-order valence-corrected chi connectivity index (χ0v) is 11.4. The van der Waals surface area contributed by atoms with Crippen molar-refractivity contribution < 1.29 is 9.53 Å². The number of benzene rings is 1. The molecule has 4 heteroatoms. The fourth-order valence-corrected chi connectivity index (χ4v) is 2.40. The Morgan fingerprint density at radius 3 is 2.67 bits per heavy atom. The molecule has 1 aromatic carbocycles. The third kappa shape index (κ3) is 1.86. The molecule has 1 aromatic rings. The van der Waals surface area contributed by atoms with Gasteiger partial charge in [0, 0.05) is 12.6 Å². The first kappa shape index (κ1) is 12.9. The predicted molar refractivity (Wildman–Crippen MR) is 70.3 cm³/mol. The fraction of sp³-hybridized carbons (Fsp3) is 0.500. The zero-order valence-electron chi connectivity index (χ0n) is 11.4. The summed E-state index contributed by atoms with van der Waals surface area (Å²) in [5.41, 5.74) is 0.508. The van der Waals surface area contributed by atoms with Gasteiger partial charge in [-0.1, -0.05) is 25.1 Å². The van der Waals surface area contributed by atoms with Gasteiger partial charge in [0.2, 0.25) is 5.91 Å². The van der Waals surface area contributed by atoms with Crippen LogP contribution in [0.2, 0.25) is 0 Å². The Morgan fingerprint density at radius 2 is 2.11 bits per heavy atom. The van der Waals surface area contributed by atoms with Crippen molar-refractivity contribution in [1.82, 2.24) is 10.2 Å². The zero-order chi connectivity index (χ0) is 13.3. The lowest BCUT2D eigenvalue weighted by atomic mass is 9.99. The van der Waals surface area contributed by atoms with Crippen LogP contribution in [0, 0.1) is 0 Å². The van der Waals surface area contributed by atoms with Crippen LogP contribution in [-0.4, -0.2) is 30.5 Å². The van der Waals surface area contributed by atoms with E-state index in [9.17, 15) is 4.79 Å². The van der Waals surface area contributed by atoms with E-state index in [0.29, 0.717) is 0 Å². The normalized spacial score (nSPS) is 27.7. The van der Waals surface area contributed by atoms with E-state index in [1.54, 1.807) is 12.0 Å². The second-order valence-corrected chi connectivity index (χ2v) is 4.89. The molecule has 98 valence electrons. The van der Waals surface area contributed by atoms with Gasteiger partial charge in [0.1, 0.15) is 11.9 Å². The van der Waals surface area contributed by atoms with Crippen LogP contribution in [0.25, 0.3) is 0 Å². The second-order valence-electron chi connectivity index (χ2n) is 4.89. The van der Waals surface area contributed by atoms with Crippen molar-refractivity contribution in [3.05, 3.63) is 29.8 Å². The van der Waals surface area contributed by atoms with Crippen molar-refractivity contribution in [2.24, 2.45) is 0 Å². The van der Waals surface area contributed by atoms with Gasteiger partial charge in [-0.25, -0.2) is 0 Å². The number of carbonyl (C=O) groups is 1. The van der Waals surface area contributed by atoms with Crippen molar-refractivity contribution >= 4 is 5.91 Å². The van der Waals surface area contributed by atoms with Crippen molar-refractivity contribution in [2.75, 3.05) is 14.2 Å². The Kier molecular flexibility index (Phi) is 3.30. The molecule has 2 atom stereocenters. The topological polar surface area (TPSA) is 41.6 Å². The molecule has 0 radical (unpaired) electrons. The summed E-state index contributed by atoms with van der Waals surface area (Å²) in [5.74, 6) is 0.927. The van der Waals surface area contributed by atoms with E-state index in [1.807, 2.05) is 45.2 Å². The van der Waals surface area contributed by atoms with E-state index < -0.39 is 5.54 Å². The summed E-state index contributed by atoms with van der Waals surface area (Å²) in [7, 11) is 3.47. The van der Waals surface area contributed by atoms with Crippen molar-refractivity contribution in [3.63, 3.8) is 0 Å². The fourth-order valence-electron chi connectivity index (χ4n) is 2.40. The first-order valence-corrected chi connectivity index (χ1v) is 6.21. The maximum atomic E-state index is 12.3. The number of hydrogen-bond acceptors (Lipinski definition) is 3. The minimum Gasteiger partial charge on any atom is -0.496 e. The molecule has 1 N–H and O–H groups in total.